The van der Waals surface area contributed by atoms with Gasteiger partial charge in [0.2, 0.25) is 0 Å². The highest BCUT2D eigenvalue weighted by Crippen LogP contribution is 2.32. The van der Waals surface area contributed by atoms with Gasteiger partial charge in [-0.25, -0.2) is 24.1 Å². The first-order chi connectivity index (χ1) is 19.7. The van der Waals surface area contributed by atoms with Crippen LogP contribution in [-0.2, 0) is 17.7 Å². The lowest BCUT2D eigenvalue weighted by Crippen LogP contribution is -2.28. The molecular formula is C28H28ClN7O6. The molecule has 218 valence electrons. The van der Waals surface area contributed by atoms with Crippen LogP contribution in [0.25, 0.3) is 16.7 Å². The Morgan fingerprint density at radius 2 is 1.93 bits per heavy atom. The number of oxazole rings is 1. The van der Waals surface area contributed by atoms with Crippen molar-refractivity contribution in [3.8, 4) is 0 Å². The molecule has 5 aromatic rings. The van der Waals surface area contributed by atoms with Gasteiger partial charge in [0, 0.05) is 25.6 Å². The van der Waals surface area contributed by atoms with Crippen molar-refractivity contribution >= 4 is 52.8 Å². The first-order valence-electron chi connectivity index (χ1n) is 12.6. The number of aryl methyl sites for hydroxylation is 2. The molecule has 0 saturated heterocycles. The van der Waals surface area contributed by atoms with Crippen LogP contribution in [-0.4, -0.2) is 49.6 Å². The minimum atomic E-state index is -1.25. The lowest BCUT2D eigenvalue weighted by molar-refractivity contribution is 0.0599. The number of aromatic nitrogens is 4. The standard InChI is InChI=1S/C19H17N5O5.C9H10N2O.ClH/c1-29-19(28)10-2-4-11-9(6-10)3-5-12(11)22-17(25)13-7-14(18(26)27)24-16(21-13)8-15(20)23-24;1-6-11-8-4-7(5-10)2-3-9(8)12-6;/h2,4,6-8,12H,3,5H2,1H3,(H2,20,23)(H,22,25)(H,26,27);2-4H,5,10H2,1H3;1H/t12-;;/m0../s1. The summed E-state index contributed by atoms with van der Waals surface area (Å²) in [4.78, 5) is 44.3. The number of carboxylic acids is 1. The number of amides is 1. The summed E-state index contributed by atoms with van der Waals surface area (Å²) in [5.41, 5.74) is 16.1. The lowest BCUT2D eigenvalue weighted by atomic mass is 10.0. The van der Waals surface area contributed by atoms with Crippen LogP contribution >= 0.6 is 12.4 Å². The van der Waals surface area contributed by atoms with E-state index in [0.717, 1.165) is 38.4 Å². The Morgan fingerprint density at radius 1 is 1.14 bits per heavy atom. The second-order valence-electron chi connectivity index (χ2n) is 9.38. The third-order valence-electron chi connectivity index (χ3n) is 6.64. The number of methoxy groups -OCH3 is 1. The number of carbonyl (C=O) groups is 3. The van der Waals surface area contributed by atoms with Gasteiger partial charge in [0.25, 0.3) is 5.91 Å². The van der Waals surface area contributed by atoms with Crippen molar-refractivity contribution in [1.82, 2.24) is 24.9 Å². The van der Waals surface area contributed by atoms with E-state index in [-0.39, 0.29) is 41.3 Å². The Balaban J connectivity index is 0.000000261. The van der Waals surface area contributed by atoms with E-state index in [0.29, 0.717) is 30.8 Å². The van der Waals surface area contributed by atoms with Gasteiger partial charge < -0.3 is 31.0 Å². The fraction of sp³-hybridized carbons (Fsp3) is 0.214. The Bertz CT molecular complexity index is 1820. The number of hydrogen-bond acceptors (Lipinski definition) is 10. The van der Waals surface area contributed by atoms with Crippen LogP contribution in [0.15, 0.2) is 52.9 Å². The number of nitrogens with two attached hydrogens (primary N) is 2. The molecule has 1 aliphatic rings. The fourth-order valence-electron chi connectivity index (χ4n) is 4.72. The number of fused-ring (bicyclic) bond motifs is 3. The van der Waals surface area contributed by atoms with Gasteiger partial charge in [-0.05, 0) is 53.8 Å². The van der Waals surface area contributed by atoms with Crippen LogP contribution < -0.4 is 16.8 Å². The molecule has 0 saturated carbocycles. The molecular weight excluding hydrogens is 566 g/mol. The molecule has 3 heterocycles. The highest BCUT2D eigenvalue weighted by molar-refractivity contribution is 5.96. The maximum Gasteiger partial charge on any atom is 0.354 e. The largest absolute Gasteiger partial charge is 0.477 e. The number of nitrogens with one attached hydrogen (secondary N) is 1. The summed E-state index contributed by atoms with van der Waals surface area (Å²) in [7, 11) is 1.32. The van der Waals surface area contributed by atoms with E-state index < -0.39 is 17.8 Å². The summed E-state index contributed by atoms with van der Waals surface area (Å²) in [6, 6.07) is 13.3. The minimum Gasteiger partial charge on any atom is -0.477 e. The number of carbonyl (C=O) groups excluding carboxylic acids is 2. The van der Waals surface area contributed by atoms with E-state index in [2.05, 4.69) is 20.4 Å². The molecule has 6 rings (SSSR count). The first kappa shape index (κ1) is 30.0. The quantitative estimate of drug-likeness (QED) is 0.218. The lowest BCUT2D eigenvalue weighted by Gasteiger charge is -2.14. The summed E-state index contributed by atoms with van der Waals surface area (Å²) in [5.74, 6) is -1.39. The van der Waals surface area contributed by atoms with Crippen molar-refractivity contribution in [3.05, 3.63) is 88.1 Å². The highest BCUT2D eigenvalue weighted by Gasteiger charge is 2.27. The number of esters is 1. The second kappa shape index (κ2) is 12.2. The van der Waals surface area contributed by atoms with E-state index in [1.807, 2.05) is 25.1 Å². The number of ether oxygens (including phenoxy) is 1. The average molecular weight is 594 g/mol. The molecule has 1 amide bonds. The summed E-state index contributed by atoms with van der Waals surface area (Å²) < 4.78 is 11.1. The van der Waals surface area contributed by atoms with E-state index in [1.165, 1.54) is 13.2 Å². The van der Waals surface area contributed by atoms with Crippen molar-refractivity contribution in [1.29, 1.82) is 0 Å². The number of benzene rings is 2. The van der Waals surface area contributed by atoms with Gasteiger partial charge in [-0.15, -0.1) is 17.5 Å². The number of anilines is 1. The molecule has 0 radical (unpaired) electrons. The number of nitrogen functional groups attached to an aromatic ring is 1. The van der Waals surface area contributed by atoms with E-state index in [1.54, 1.807) is 18.2 Å². The summed E-state index contributed by atoms with van der Waals surface area (Å²) in [6.45, 7) is 2.38. The molecule has 3 aromatic heterocycles. The Labute approximate surface area is 245 Å². The topological polar surface area (TPSA) is 201 Å². The molecule has 2 aromatic carbocycles. The molecule has 42 heavy (non-hydrogen) atoms. The maximum atomic E-state index is 12.8. The second-order valence-corrected chi connectivity index (χ2v) is 9.38. The van der Waals surface area contributed by atoms with Crippen molar-refractivity contribution in [2.75, 3.05) is 12.8 Å². The molecule has 0 fully saturated rings. The van der Waals surface area contributed by atoms with Crippen LogP contribution in [0, 0.1) is 6.92 Å². The number of rotatable bonds is 5. The molecule has 6 N–H and O–H groups in total. The smallest absolute Gasteiger partial charge is 0.354 e. The Kier molecular flexibility index (Phi) is 8.73. The number of carboxylic acid groups (broad SMARTS) is 1. The summed E-state index contributed by atoms with van der Waals surface area (Å²) in [6.07, 6.45) is 1.34. The third kappa shape index (κ3) is 6.01. The molecule has 0 aliphatic heterocycles. The Morgan fingerprint density at radius 3 is 2.64 bits per heavy atom. The highest BCUT2D eigenvalue weighted by atomic mass is 35.5. The third-order valence-corrected chi connectivity index (χ3v) is 6.64. The number of hydrogen-bond donors (Lipinski definition) is 4. The predicted molar refractivity (Wildman–Crippen MR) is 155 cm³/mol. The van der Waals surface area contributed by atoms with Crippen molar-refractivity contribution < 1.29 is 28.6 Å². The van der Waals surface area contributed by atoms with Crippen LogP contribution in [0.3, 0.4) is 0 Å². The van der Waals surface area contributed by atoms with E-state index in [9.17, 15) is 19.5 Å². The van der Waals surface area contributed by atoms with Crippen molar-refractivity contribution in [2.24, 2.45) is 5.73 Å². The van der Waals surface area contributed by atoms with E-state index >= 15 is 0 Å². The Hall–Kier alpha value is -5.01. The van der Waals surface area contributed by atoms with Gasteiger partial charge >= 0.3 is 11.9 Å². The molecule has 13 nitrogen and oxygen atoms in total. The SMILES string of the molecule is COC(=O)c1ccc2c(c1)CC[C@@H]2NC(=O)c1cc(C(=O)O)n2nc(N)cc2n1.Cc1nc2cc(CN)ccc2o1.Cl. The number of aromatic carboxylic acids is 1. The molecule has 0 unspecified atom stereocenters. The van der Waals surface area contributed by atoms with Crippen molar-refractivity contribution in [2.45, 2.75) is 32.4 Å². The van der Waals surface area contributed by atoms with Gasteiger partial charge in [0.05, 0.1) is 18.7 Å². The molecule has 1 atom stereocenters. The molecule has 0 spiro atoms. The van der Waals surface area contributed by atoms with Gasteiger partial charge in [0.15, 0.2) is 22.8 Å². The number of halogens is 1. The van der Waals surface area contributed by atoms with Crippen LogP contribution in [0.4, 0.5) is 5.82 Å². The zero-order valence-electron chi connectivity index (χ0n) is 22.7. The molecule has 1 aliphatic carbocycles. The van der Waals surface area contributed by atoms with Crippen LogP contribution in [0.1, 0.15) is 66.4 Å². The summed E-state index contributed by atoms with van der Waals surface area (Å²) >= 11 is 0. The fourth-order valence-corrected chi connectivity index (χ4v) is 4.72. The summed E-state index contributed by atoms with van der Waals surface area (Å²) in [5, 5.41) is 16.2. The van der Waals surface area contributed by atoms with Gasteiger partial charge in [-0.3, -0.25) is 4.79 Å². The minimum absolute atomic E-state index is 0. The predicted octanol–water partition coefficient (Wildman–Crippen LogP) is 3.23. The van der Waals surface area contributed by atoms with Crippen LogP contribution in [0.2, 0.25) is 0 Å². The van der Waals surface area contributed by atoms with Gasteiger partial charge in [-0.2, -0.15) is 0 Å². The van der Waals surface area contributed by atoms with Gasteiger partial charge in [0.1, 0.15) is 17.0 Å². The van der Waals surface area contributed by atoms with E-state index in [4.69, 9.17) is 20.6 Å². The zero-order chi connectivity index (χ0) is 29.3. The monoisotopic (exact) mass is 593 g/mol. The number of nitrogens with zero attached hydrogens (tertiary/aromatic N) is 4. The molecule has 14 heteroatoms. The molecule has 0 bridgehead atoms. The zero-order valence-corrected chi connectivity index (χ0v) is 23.5. The van der Waals surface area contributed by atoms with Crippen LogP contribution in [0.5, 0.6) is 0 Å². The first-order valence-corrected chi connectivity index (χ1v) is 12.6. The van der Waals surface area contributed by atoms with Crippen molar-refractivity contribution in [3.63, 3.8) is 0 Å². The van der Waals surface area contributed by atoms with Gasteiger partial charge in [-0.1, -0.05) is 12.1 Å². The normalized spacial score (nSPS) is 13.5. The maximum absolute atomic E-state index is 12.8. The average Bonchev–Trinajstić information content (AvgIpc) is 3.66.